The molecule has 1 aromatic rings. The highest BCUT2D eigenvalue weighted by Gasteiger charge is 2.32. The summed E-state index contributed by atoms with van der Waals surface area (Å²) in [6.45, 7) is 0.865. The molecule has 6 nitrogen and oxygen atoms in total. The maximum Gasteiger partial charge on any atom is 0.335 e. The number of carboxylic acids is 1. The highest BCUT2D eigenvalue weighted by atomic mass is 32.2. The van der Waals surface area contributed by atoms with Gasteiger partial charge in [0.25, 0.3) is 0 Å². The Labute approximate surface area is 152 Å². The molecule has 1 aliphatic carbocycles. The summed E-state index contributed by atoms with van der Waals surface area (Å²) in [5.41, 5.74) is 12.3. The lowest BCUT2D eigenvalue weighted by Gasteiger charge is -2.31. The molecule has 0 aromatic heterocycles. The smallest absolute Gasteiger partial charge is 0.335 e. The molecule has 25 heavy (non-hydrogen) atoms. The molecule has 0 spiro atoms. The topological polar surface area (TPSA) is 110 Å². The number of nitrogens with two attached hydrogens (primary N) is 2. The molecule has 0 bridgehead atoms. The van der Waals surface area contributed by atoms with Gasteiger partial charge in [0.1, 0.15) is 0 Å². The molecule has 1 heterocycles. The summed E-state index contributed by atoms with van der Waals surface area (Å²) in [7, 11) is 0. The van der Waals surface area contributed by atoms with Crippen LogP contribution in [0.3, 0.4) is 0 Å². The van der Waals surface area contributed by atoms with Crippen molar-refractivity contribution in [3.8, 4) is 0 Å². The third-order valence-corrected chi connectivity index (χ3v) is 5.66. The van der Waals surface area contributed by atoms with Crippen LogP contribution in [-0.4, -0.2) is 52.1 Å². The fourth-order valence-corrected chi connectivity index (χ4v) is 4.04. The summed E-state index contributed by atoms with van der Waals surface area (Å²) in [6.07, 6.45) is 4.05. The van der Waals surface area contributed by atoms with E-state index in [0.717, 1.165) is 43.9 Å². The number of nitrogens with zero attached hydrogens (tertiary/aromatic N) is 1. The van der Waals surface area contributed by atoms with Crippen molar-refractivity contribution in [1.82, 2.24) is 4.90 Å². The normalized spacial score (nSPS) is 24.2. The van der Waals surface area contributed by atoms with Crippen LogP contribution < -0.4 is 11.5 Å². The van der Waals surface area contributed by atoms with E-state index in [1.54, 1.807) is 42.1 Å². The fraction of sp³-hybridized carbons (Fsp3) is 0.556. The van der Waals surface area contributed by atoms with Gasteiger partial charge in [0.2, 0.25) is 5.91 Å². The van der Waals surface area contributed by atoms with Gasteiger partial charge in [-0.3, -0.25) is 4.79 Å². The molecule has 0 radical (unpaired) electrons. The molecule has 3 rings (SSSR count). The van der Waals surface area contributed by atoms with Crippen molar-refractivity contribution >= 4 is 23.6 Å². The van der Waals surface area contributed by atoms with E-state index in [1.807, 2.05) is 4.90 Å². The van der Waals surface area contributed by atoms with Crippen molar-refractivity contribution in [3.63, 3.8) is 0 Å². The third-order valence-electron chi connectivity index (χ3n) is 4.69. The van der Waals surface area contributed by atoms with Crippen molar-refractivity contribution < 1.29 is 14.7 Å². The molecule has 1 atom stereocenters. The van der Waals surface area contributed by atoms with Gasteiger partial charge >= 0.3 is 5.97 Å². The van der Waals surface area contributed by atoms with Gasteiger partial charge in [-0.05, 0) is 43.7 Å². The minimum atomic E-state index is -0.879. The number of thioether (sulfide) groups is 1. The molecule has 1 unspecified atom stereocenters. The predicted molar refractivity (Wildman–Crippen MR) is 100 cm³/mol. The SMILES string of the molecule is NC(C(=O)N1CCSC1)[C@H]1CC[C@H](N)CC1.O=C(O)c1ccccc1. The molecule has 1 amide bonds. The standard InChI is InChI=1S/C11H21N3OS.C7H6O2/c12-9-3-1-8(2-4-9)10(13)11(15)14-5-6-16-7-14;8-7(9)6-4-2-1-3-5-6/h8-10H,1-7,12-13H2;1-5H,(H,8,9)/t8-,9-,10?;. The molecule has 1 aliphatic heterocycles. The van der Waals surface area contributed by atoms with Gasteiger partial charge in [0.05, 0.1) is 17.5 Å². The average Bonchev–Trinajstić information content (AvgIpc) is 3.17. The van der Waals surface area contributed by atoms with Crippen LogP contribution in [0.2, 0.25) is 0 Å². The number of carboxylic acid groups (broad SMARTS) is 1. The van der Waals surface area contributed by atoms with Crippen molar-refractivity contribution in [2.24, 2.45) is 17.4 Å². The number of carbonyl (C=O) groups excluding carboxylic acids is 1. The van der Waals surface area contributed by atoms with E-state index in [-0.39, 0.29) is 11.9 Å². The zero-order valence-electron chi connectivity index (χ0n) is 14.3. The summed E-state index contributed by atoms with van der Waals surface area (Å²) < 4.78 is 0. The van der Waals surface area contributed by atoms with E-state index >= 15 is 0 Å². The van der Waals surface area contributed by atoms with Gasteiger partial charge in [-0.25, -0.2) is 4.79 Å². The number of carbonyl (C=O) groups is 2. The number of rotatable bonds is 3. The first-order valence-corrected chi connectivity index (χ1v) is 9.80. The van der Waals surface area contributed by atoms with Crippen molar-refractivity contribution in [2.45, 2.75) is 37.8 Å². The Morgan fingerprint density at radius 3 is 2.28 bits per heavy atom. The van der Waals surface area contributed by atoms with E-state index in [1.165, 1.54) is 0 Å². The van der Waals surface area contributed by atoms with E-state index in [9.17, 15) is 9.59 Å². The van der Waals surface area contributed by atoms with Gasteiger partial charge in [-0.2, -0.15) is 0 Å². The molecule has 7 heteroatoms. The van der Waals surface area contributed by atoms with Crippen LogP contribution >= 0.6 is 11.8 Å². The summed E-state index contributed by atoms with van der Waals surface area (Å²) in [5, 5.41) is 8.38. The highest BCUT2D eigenvalue weighted by Crippen LogP contribution is 2.27. The van der Waals surface area contributed by atoms with Gasteiger partial charge in [0, 0.05) is 18.3 Å². The first kappa shape index (κ1) is 19.8. The summed E-state index contributed by atoms with van der Waals surface area (Å²) in [4.78, 5) is 24.2. The fourth-order valence-electron chi connectivity index (χ4n) is 3.09. The van der Waals surface area contributed by atoms with E-state index in [4.69, 9.17) is 16.6 Å². The summed E-state index contributed by atoms with van der Waals surface area (Å²) >= 11 is 1.80. The Balaban J connectivity index is 0.000000212. The predicted octanol–water partition coefficient (Wildman–Crippen LogP) is 1.75. The zero-order chi connectivity index (χ0) is 18.2. The van der Waals surface area contributed by atoms with Crippen molar-refractivity contribution in [3.05, 3.63) is 35.9 Å². The maximum atomic E-state index is 12.1. The van der Waals surface area contributed by atoms with E-state index in [0.29, 0.717) is 17.5 Å². The molecule has 138 valence electrons. The Hall–Kier alpha value is -1.57. The lowest BCUT2D eigenvalue weighted by Crippen LogP contribution is -2.48. The molecular formula is C18H27N3O3S. The van der Waals surface area contributed by atoms with Crippen LogP contribution in [-0.2, 0) is 4.79 Å². The highest BCUT2D eigenvalue weighted by molar-refractivity contribution is 7.99. The number of hydrogen-bond acceptors (Lipinski definition) is 5. The summed E-state index contributed by atoms with van der Waals surface area (Å²) in [6, 6.07) is 8.32. The van der Waals surface area contributed by atoms with Crippen LogP contribution in [0.5, 0.6) is 0 Å². The first-order valence-electron chi connectivity index (χ1n) is 8.65. The Morgan fingerprint density at radius 2 is 1.80 bits per heavy atom. The second kappa shape index (κ2) is 9.79. The largest absolute Gasteiger partial charge is 0.478 e. The number of amides is 1. The maximum absolute atomic E-state index is 12.1. The van der Waals surface area contributed by atoms with Crippen LogP contribution in [0.1, 0.15) is 36.0 Å². The monoisotopic (exact) mass is 365 g/mol. The second-order valence-electron chi connectivity index (χ2n) is 6.51. The second-order valence-corrected chi connectivity index (χ2v) is 7.59. The zero-order valence-corrected chi connectivity index (χ0v) is 15.2. The minimum Gasteiger partial charge on any atom is -0.478 e. The summed E-state index contributed by atoms with van der Waals surface area (Å²) in [5.74, 6) is 1.48. The van der Waals surface area contributed by atoms with Gasteiger partial charge in [-0.1, -0.05) is 18.2 Å². The Kier molecular flexibility index (Phi) is 7.74. The van der Waals surface area contributed by atoms with Crippen molar-refractivity contribution in [2.75, 3.05) is 18.2 Å². The molecule has 1 saturated carbocycles. The van der Waals surface area contributed by atoms with E-state index in [2.05, 4.69) is 0 Å². The molecule has 1 aromatic carbocycles. The molecule has 2 aliphatic rings. The third kappa shape index (κ3) is 6.02. The average molecular weight is 365 g/mol. The number of benzene rings is 1. The van der Waals surface area contributed by atoms with Gasteiger partial charge < -0.3 is 21.5 Å². The molecule has 5 N–H and O–H groups in total. The van der Waals surface area contributed by atoms with Crippen LogP contribution in [0, 0.1) is 5.92 Å². The van der Waals surface area contributed by atoms with Crippen LogP contribution in [0.15, 0.2) is 30.3 Å². The lowest BCUT2D eigenvalue weighted by atomic mass is 9.81. The van der Waals surface area contributed by atoms with Gasteiger partial charge in [0.15, 0.2) is 0 Å². The molecule has 2 fully saturated rings. The first-order chi connectivity index (χ1) is 12.0. The minimum absolute atomic E-state index is 0.144. The van der Waals surface area contributed by atoms with Crippen LogP contribution in [0.4, 0.5) is 0 Å². The molecular weight excluding hydrogens is 338 g/mol. The quantitative estimate of drug-likeness (QED) is 0.753. The molecule has 1 saturated heterocycles. The number of hydrogen-bond donors (Lipinski definition) is 3. The number of aromatic carboxylic acids is 1. The van der Waals surface area contributed by atoms with Gasteiger partial charge in [-0.15, -0.1) is 11.8 Å². The van der Waals surface area contributed by atoms with Crippen LogP contribution in [0.25, 0.3) is 0 Å². The Bertz CT molecular complexity index is 556. The van der Waals surface area contributed by atoms with E-state index < -0.39 is 5.97 Å². The van der Waals surface area contributed by atoms with Crippen molar-refractivity contribution in [1.29, 1.82) is 0 Å². The lowest BCUT2D eigenvalue weighted by molar-refractivity contribution is -0.132. The Morgan fingerprint density at radius 1 is 1.16 bits per heavy atom.